The van der Waals surface area contributed by atoms with Crippen molar-refractivity contribution in [2.75, 3.05) is 0 Å². The summed E-state index contributed by atoms with van der Waals surface area (Å²) in [6.07, 6.45) is 15.7. The van der Waals surface area contributed by atoms with Gasteiger partial charge in [0.15, 0.2) is 0 Å². The molecule has 0 saturated heterocycles. The van der Waals surface area contributed by atoms with Gasteiger partial charge in [0.25, 0.3) is 0 Å². The molecular weight excluding hydrogens is 144 g/mol. The zero-order valence-corrected chi connectivity index (χ0v) is 8.09. The third-order valence-electron chi connectivity index (χ3n) is 1.33. The first-order valence-corrected chi connectivity index (χ1v) is 4.62. The Bertz CT molecular complexity index is 188. The topological polar surface area (TPSA) is 0 Å². The van der Waals surface area contributed by atoms with E-state index in [0.717, 1.165) is 19.3 Å². The highest BCUT2D eigenvalue weighted by atomic mass is 13.7. The Morgan fingerprint density at radius 2 is 1.83 bits per heavy atom. The average molecular weight is 162 g/mol. The number of hydrogen-bond donors (Lipinski definition) is 0. The molecule has 0 aromatic carbocycles. The van der Waals surface area contributed by atoms with E-state index in [-0.39, 0.29) is 0 Å². The summed E-state index contributed by atoms with van der Waals surface area (Å²) in [6, 6.07) is 0. The first-order valence-electron chi connectivity index (χ1n) is 4.62. The summed E-state index contributed by atoms with van der Waals surface area (Å²) < 4.78 is 0. The Labute approximate surface area is 76.0 Å². The van der Waals surface area contributed by atoms with Crippen LogP contribution >= 0.6 is 0 Å². The van der Waals surface area contributed by atoms with Crippen LogP contribution in [0.25, 0.3) is 0 Å². The Morgan fingerprint density at radius 3 is 2.50 bits per heavy atom. The zero-order valence-electron chi connectivity index (χ0n) is 8.09. The van der Waals surface area contributed by atoms with E-state index in [4.69, 9.17) is 0 Å². The second kappa shape index (κ2) is 10.0. The molecule has 0 atom stereocenters. The van der Waals surface area contributed by atoms with E-state index < -0.39 is 0 Å². The highest BCUT2D eigenvalue weighted by Crippen LogP contribution is 1.88. The lowest BCUT2D eigenvalue weighted by molar-refractivity contribution is 1.20. The minimum absolute atomic E-state index is 1.03. The minimum atomic E-state index is 1.03. The van der Waals surface area contributed by atoms with E-state index in [0.29, 0.717) is 0 Å². The van der Waals surface area contributed by atoms with E-state index >= 15 is 0 Å². The molecule has 12 heavy (non-hydrogen) atoms. The third kappa shape index (κ3) is 9.00. The van der Waals surface area contributed by atoms with E-state index in [1.54, 1.807) is 0 Å². The van der Waals surface area contributed by atoms with Gasteiger partial charge in [0.1, 0.15) is 0 Å². The normalized spacial score (nSPS) is 10.5. The third-order valence-corrected chi connectivity index (χ3v) is 1.33. The molecule has 0 fully saturated rings. The molecule has 0 amide bonds. The standard InChI is InChI=1S/C12H18/c1-3-5-7-9-11-12-10-8-6-4-2/h5-7,10-12H,3-4,9H2,1-2H3. The smallest absolute Gasteiger partial charge is 0.0166 e. The highest BCUT2D eigenvalue weighted by molar-refractivity contribution is 5.04. The van der Waals surface area contributed by atoms with Crippen LogP contribution in [0.4, 0.5) is 0 Å². The van der Waals surface area contributed by atoms with Gasteiger partial charge >= 0.3 is 0 Å². The molecule has 0 aliphatic rings. The van der Waals surface area contributed by atoms with E-state index in [9.17, 15) is 0 Å². The van der Waals surface area contributed by atoms with Crippen LogP contribution in [0.15, 0.2) is 42.2 Å². The predicted octanol–water partition coefficient (Wildman–Crippen LogP) is 4.02. The first kappa shape index (κ1) is 11.0. The van der Waals surface area contributed by atoms with Crippen molar-refractivity contribution in [3.05, 3.63) is 42.2 Å². The van der Waals surface area contributed by atoms with Gasteiger partial charge in [0, 0.05) is 0 Å². The molecule has 0 N–H and O–H groups in total. The molecular formula is C12H18. The molecule has 0 bridgehead atoms. The number of hydrogen-bond acceptors (Lipinski definition) is 0. The van der Waals surface area contributed by atoms with Crippen molar-refractivity contribution in [2.45, 2.75) is 33.1 Å². The van der Waals surface area contributed by atoms with Gasteiger partial charge in [-0.2, -0.15) is 0 Å². The molecule has 66 valence electrons. The van der Waals surface area contributed by atoms with Crippen LogP contribution < -0.4 is 0 Å². The van der Waals surface area contributed by atoms with Crippen LogP contribution in [0.2, 0.25) is 0 Å². The monoisotopic (exact) mass is 162 g/mol. The Hall–Kier alpha value is -1.00. The largest absolute Gasteiger partial charge is 0.125 e. The number of rotatable bonds is 5. The maximum atomic E-state index is 3.07. The van der Waals surface area contributed by atoms with Crippen LogP contribution in [0, 0.1) is 0 Å². The first-order chi connectivity index (χ1) is 5.91. The van der Waals surface area contributed by atoms with Crippen LogP contribution in [0.1, 0.15) is 33.1 Å². The SMILES string of the molecule is CCC=C=CC=CCC=CCC. The Morgan fingerprint density at radius 1 is 1.00 bits per heavy atom. The zero-order chi connectivity index (χ0) is 9.07. The molecule has 0 aromatic rings. The maximum Gasteiger partial charge on any atom is -0.0166 e. The van der Waals surface area contributed by atoms with Crippen molar-refractivity contribution in [2.24, 2.45) is 0 Å². The molecule has 0 aliphatic heterocycles. The lowest BCUT2D eigenvalue weighted by atomic mass is 10.3. The van der Waals surface area contributed by atoms with E-state index in [1.165, 1.54) is 0 Å². The van der Waals surface area contributed by atoms with Gasteiger partial charge in [0.05, 0.1) is 0 Å². The molecule has 0 heterocycles. The molecule has 0 radical (unpaired) electrons. The summed E-state index contributed by atoms with van der Waals surface area (Å²) in [5.74, 6) is 0. The van der Waals surface area contributed by atoms with Gasteiger partial charge in [-0.1, -0.05) is 38.2 Å². The number of allylic oxidation sites excluding steroid dienone is 5. The fraction of sp³-hybridized carbons (Fsp3) is 0.417. The minimum Gasteiger partial charge on any atom is -0.125 e. The molecule has 0 rings (SSSR count). The summed E-state index contributed by atoms with van der Waals surface area (Å²) in [7, 11) is 0. The Kier molecular flexibility index (Phi) is 9.17. The molecule has 0 unspecified atom stereocenters. The van der Waals surface area contributed by atoms with E-state index in [2.05, 4.69) is 37.8 Å². The predicted molar refractivity (Wildman–Crippen MR) is 56.1 cm³/mol. The summed E-state index contributed by atoms with van der Waals surface area (Å²) in [5.41, 5.74) is 3.07. The van der Waals surface area contributed by atoms with Crippen molar-refractivity contribution in [3.8, 4) is 0 Å². The molecule has 0 nitrogen and oxygen atoms in total. The summed E-state index contributed by atoms with van der Waals surface area (Å²) in [6.45, 7) is 4.25. The summed E-state index contributed by atoms with van der Waals surface area (Å²) in [5, 5.41) is 0. The van der Waals surface area contributed by atoms with E-state index in [1.807, 2.05) is 18.2 Å². The fourth-order valence-corrected chi connectivity index (χ4v) is 0.730. The summed E-state index contributed by atoms with van der Waals surface area (Å²) in [4.78, 5) is 0. The van der Waals surface area contributed by atoms with Crippen LogP contribution in [-0.2, 0) is 0 Å². The van der Waals surface area contributed by atoms with Gasteiger partial charge in [-0.3, -0.25) is 0 Å². The highest BCUT2D eigenvalue weighted by Gasteiger charge is 1.67. The lowest BCUT2D eigenvalue weighted by Crippen LogP contribution is -1.57. The van der Waals surface area contributed by atoms with Crippen LogP contribution in [-0.4, -0.2) is 0 Å². The van der Waals surface area contributed by atoms with Crippen molar-refractivity contribution >= 4 is 0 Å². The van der Waals surface area contributed by atoms with Gasteiger partial charge in [-0.15, -0.1) is 5.73 Å². The van der Waals surface area contributed by atoms with Crippen LogP contribution in [0.3, 0.4) is 0 Å². The van der Waals surface area contributed by atoms with Crippen molar-refractivity contribution < 1.29 is 0 Å². The average Bonchev–Trinajstić information content (AvgIpc) is 2.10. The molecule has 0 aromatic heterocycles. The maximum absolute atomic E-state index is 3.07. The second-order valence-corrected chi connectivity index (χ2v) is 2.49. The van der Waals surface area contributed by atoms with Gasteiger partial charge in [-0.05, 0) is 31.4 Å². The molecule has 0 spiro atoms. The van der Waals surface area contributed by atoms with Gasteiger partial charge in [-0.25, -0.2) is 0 Å². The van der Waals surface area contributed by atoms with Crippen molar-refractivity contribution in [1.82, 2.24) is 0 Å². The quantitative estimate of drug-likeness (QED) is 0.325. The lowest BCUT2D eigenvalue weighted by Gasteiger charge is -1.78. The Balaban J connectivity index is 3.49. The molecule has 0 aliphatic carbocycles. The van der Waals surface area contributed by atoms with Gasteiger partial charge in [0.2, 0.25) is 0 Å². The van der Waals surface area contributed by atoms with Crippen molar-refractivity contribution in [3.63, 3.8) is 0 Å². The fourth-order valence-electron chi connectivity index (χ4n) is 0.730. The van der Waals surface area contributed by atoms with Crippen molar-refractivity contribution in [1.29, 1.82) is 0 Å². The second-order valence-electron chi connectivity index (χ2n) is 2.49. The molecule has 0 heteroatoms. The van der Waals surface area contributed by atoms with Crippen LogP contribution in [0.5, 0.6) is 0 Å². The van der Waals surface area contributed by atoms with Gasteiger partial charge < -0.3 is 0 Å². The summed E-state index contributed by atoms with van der Waals surface area (Å²) >= 11 is 0. The molecule has 0 saturated carbocycles.